The van der Waals surface area contributed by atoms with Gasteiger partial charge >= 0.3 is 12.1 Å². The Balaban J connectivity index is 0.000000201. The van der Waals surface area contributed by atoms with E-state index in [4.69, 9.17) is 23.7 Å². The zero-order valence-electron chi connectivity index (χ0n) is 15.4. The van der Waals surface area contributed by atoms with Crippen molar-refractivity contribution in [3.05, 3.63) is 0 Å². The van der Waals surface area contributed by atoms with Gasteiger partial charge in [0.2, 0.25) is 5.91 Å². The first-order chi connectivity index (χ1) is 13.9. The lowest BCUT2D eigenvalue weighted by Gasteiger charge is -2.34. The maximum atomic E-state index is 12.3. The predicted molar refractivity (Wildman–Crippen MR) is 95.6 cm³/mol. The Morgan fingerprint density at radius 3 is 1.86 bits per heavy atom. The van der Waals surface area contributed by atoms with E-state index in [0.717, 1.165) is 0 Å². The lowest BCUT2D eigenvalue weighted by molar-refractivity contribution is -0.128. The lowest BCUT2D eigenvalue weighted by atomic mass is 9.86. The monoisotopic (exact) mass is 434 g/mol. The van der Waals surface area contributed by atoms with Crippen LogP contribution < -0.4 is 16.0 Å². The van der Waals surface area contributed by atoms with Gasteiger partial charge in [0.25, 0.3) is 5.91 Å². The van der Waals surface area contributed by atoms with Crippen molar-refractivity contribution in [2.45, 2.75) is 36.7 Å². The fourth-order valence-electron chi connectivity index (χ4n) is 3.22. The number of hydrogen-bond donors (Lipinski definition) is 4. The molecule has 13 nitrogen and oxygen atoms in total. The molecular weight excluding hydrogens is 411 g/mol. The minimum Gasteiger partial charge on any atom is -0.373 e. The molecule has 4 atom stereocenters. The van der Waals surface area contributed by atoms with E-state index < -0.39 is 20.3 Å². The summed E-state index contributed by atoms with van der Waals surface area (Å²) in [5, 5.41) is 6.74. The normalized spacial score (nSPS) is 34.0. The van der Waals surface area contributed by atoms with Crippen molar-refractivity contribution in [3.8, 4) is 0 Å². The molecule has 0 spiro atoms. The third-order valence-corrected chi connectivity index (χ3v) is 4.79. The van der Waals surface area contributed by atoms with Crippen molar-refractivity contribution in [1.82, 2.24) is 20.9 Å². The van der Waals surface area contributed by atoms with Crippen molar-refractivity contribution in [2.75, 3.05) is 32.9 Å². The fourth-order valence-corrected chi connectivity index (χ4v) is 3.22. The predicted octanol–water partition coefficient (Wildman–Crippen LogP) is -2.27. The number of amides is 6. The van der Waals surface area contributed by atoms with Crippen LogP contribution in [0.5, 0.6) is 0 Å². The van der Waals surface area contributed by atoms with Gasteiger partial charge in [-0.05, 0) is 0 Å². The molecule has 0 saturated carbocycles. The van der Waals surface area contributed by atoms with Gasteiger partial charge in [-0.25, -0.2) is 9.59 Å². The van der Waals surface area contributed by atoms with Gasteiger partial charge in [0.15, 0.2) is 8.69 Å². The van der Waals surface area contributed by atoms with Gasteiger partial charge in [-0.15, -0.1) is 0 Å². The third-order valence-electron chi connectivity index (χ3n) is 4.79. The highest BCUT2D eigenvalue weighted by molar-refractivity contribution is 7.16. The zero-order valence-corrected chi connectivity index (χ0v) is 16.6. The van der Waals surface area contributed by atoms with Gasteiger partial charge in [-0.1, -0.05) is 0 Å². The van der Waals surface area contributed by atoms with E-state index in [1.54, 1.807) is 4.90 Å². The number of epoxide rings is 3. The Kier molecular flexibility index (Phi) is 6.85. The highest BCUT2D eigenvalue weighted by Gasteiger charge is 2.58. The van der Waals surface area contributed by atoms with E-state index in [-0.39, 0.29) is 42.7 Å². The summed E-state index contributed by atoms with van der Waals surface area (Å²) in [4.78, 5) is 53.1. The second-order valence-electron chi connectivity index (χ2n) is 7.01. The first-order valence-corrected chi connectivity index (χ1v) is 10.00. The van der Waals surface area contributed by atoms with Crippen LogP contribution >= 0.6 is 8.69 Å². The van der Waals surface area contributed by atoms with Crippen molar-refractivity contribution in [2.24, 2.45) is 0 Å². The Bertz CT molecular complexity index is 665. The summed E-state index contributed by atoms with van der Waals surface area (Å²) in [5.41, 5.74) is -0.814. The minimum absolute atomic E-state index is 0.0660. The Morgan fingerprint density at radius 1 is 1.00 bits per heavy atom. The highest BCUT2D eigenvalue weighted by Crippen LogP contribution is 2.39. The number of imide groups is 2. The number of urea groups is 2. The van der Waals surface area contributed by atoms with Crippen molar-refractivity contribution < 1.29 is 42.8 Å². The summed E-state index contributed by atoms with van der Waals surface area (Å²) in [6.45, 7) is 2.59. The molecule has 0 bridgehead atoms. The van der Waals surface area contributed by atoms with Gasteiger partial charge in [-0.3, -0.25) is 24.8 Å². The summed E-state index contributed by atoms with van der Waals surface area (Å²) < 4.78 is 24.3. The molecular formula is C15H23N4O9P. The van der Waals surface area contributed by atoms with Crippen LogP contribution in [0.15, 0.2) is 0 Å². The minimum atomic E-state index is -1.50. The summed E-state index contributed by atoms with van der Waals surface area (Å²) >= 11 is 0. The second-order valence-corrected chi connectivity index (χ2v) is 7.22. The molecule has 14 heteroatoms. The Labute approximate surface area is 166 Å². The largest absolute Gasteiger partial charge is 0.373 e. The van der Waals surface area contributed by atoms with Crippen LogP contribution in [-0.2, 0) is 28.4 Å². The first-order valence-electron chi connectivity index (χ1n) is 9.01. The maximum Gasteiger partial charge on any atom is 0.325 e. The summed E-state index contributed by atoms with van der Waals surface area (Å²) in [6, 6.07) is -0.716. The molecule has 6 amide bonds. The molecule has 5 rings (SSSR count). The number of carbonyl (C=O) groups excluding carboxylic acids is 4. The quantitative estimate of drug-likeness (QED) is 0.203. The SMILES string of the molecule is O=C1CNC(=O)N1.O=C1NC(=O)C(CC2CO2)(CC2CO2)N1CC1CO1.O=[PH2]O. The van der Waals surface area contributed by atoms with Crippen LogP contribution in [0, 0.1) is 0 Å². The molecule has 5 saturated heterocycles. The Morgan fingerprint density at radius 2 is 1.52 bits per heavy atom. The maximum absolute atomic E-state index is 12.3. The molecule has 162 valence electrons. The lowest BCUT2D eigenvalue weighted by Crippen LogP contribution is -2.53. The van der Waals surface area contributed by atoms with Crippen molar-refractivity contribution >= 4 is 32.6 Å². The standard InChI is InChI=1S/C12H16N2O5.C3H4N2O2.H3O2P/c15-10-12(1-7-4-17-7,2-8-5-18-8)14(11(16)13-10)3-9-6-19-9;6-2-1-4-3(7)5-2;1-3-2/h7-9H,1-6H2,(H,13,15,16);1H2,(H2,4,5,6,7);3H2,(H,1,2). The van der Waals surface area contributed by atoms with E-state index in [1.807, 2.05) is 5.32 Å². The van der Waals surface area contributed by atoms with Crippen LogP contribution in [-0.4, -0.2) is 90.4 Å². The van der Waals surface area contributed by atoms with Crippen LogP contribution in [0.2, 0.25) is 0 Å². The smallest absolute Gasteiger partial charge is 0.325 e. The van der Waals surface area contributed by atoms with Crippen LogP contribution in [0.3, 0.4) is 0 Å². The molecule has 0 aromatic carbocycles. The number of carbonyl (C=O) groups is 4. The van der Waals surface area contributed by atoms with Crippen LogP contribution in [0.25, 0.3) is 0 Å². The van der Waals surface area contributed by atoms with Crippen molar-refractivity contribution in [1.29, 1.82) is 0 Å². The zero-order chi connectivity index (χ0) is 21.0. The average molecular weight is 434 g/mol. The summed E-state index contributed by atoms with van der Waals surface area (Å²) in [6.07, 6.45) is 1.33. The number of rotatable bonds is 6. The molecule has 4 N–H and O–H groups in total. The summed E-state index contributed by atoms with van der Waals surface area (Å²) in [7, 11) is -1.50. The van der Waals surface area contributed by atoms with Gasteiger partial charge in [0, 0.05) is 12.8 Å². The van der Waals surface area contributed by atoms with Gasteiger partial charge in [0.05, 0.1) is 51.2 Å². The molecule has 0 radical (unpaired) electrons. The first kappa shape index (κ1) is 21.7. The van der Waals surface area contributed by atoms with Crippen molar-refractivity contribution in [3.63, 3.8) is 0 Å². The molecule has 0 aliphatic carbocycles. The summed E-state index contributed by atoms with van der Waals surface area (Å²) in [5.74, 6) is -0.478. The topological polar surface area (TPSA) is 182 Å². The number of ether oxygens (including phenoxy) is 3. The third kappa shape index (κ3) is 5.97. The number of nitrogens with zero attached hydrogens (tertiary/aromatic N) is 1. The van der Waals surface area contributed by atoms with E-state index >= 15 is 0 Å². The highest BCUT2D eigenvalue weighted by atomic mass is 31.1. The van der Waals surface area contributed by atoms with E-state index in [1.165, 1.54) is 0 Å². The van der Waals surface area contributed by atoms with E-state index in [9.17, 15) is 19.2 Å². The van der Waals surface area contributed by atoms with E-state index in [0.29, 0.717) is 39.2 Å². The molecule has 5 aliphatic heterocycles. The second kappa shape index (κ2) is 9.18. The molecule has 5 aliphatic rings. The van der Waals surface area contributed by atoms with Gasteiger partial charge in [0.1, 0.15) is 5.54 Å². The van der Waals surface area contributed by atoms with Crippen LogP contribution in [0.4, 0.5) is 9.59 Å². The van der Waals surface area contributed by atoms with Gasteiger partial charge in [-0.2, -0.15) is 0 Å². The number of nitrogens with one attached hydrogen (secondary N) is 3. The fraction of sp³-hybridized carbons (Fsp3) is 0.733. The molecule has 4 unspecified atom stereocenters. The molecule has 29 heavy (non-hydrogen) atoms. The Hall–Kier alpha value is -2.05. The van der Waals surface area contributed by atoms with Gasteiger partial charge < -0.3 is 29.3 Å². The molecule has 0 aromatic heterocycles. The van der Waals surface area contributed by atoms with E-state index in [2.05, 4.69) is 10.6 Å². The molecule has 0 aromatic rings. The number of hydrogen-bond acceptors (Lipinski definition) is 8. The van der Waals surface area contributed by atoms with Crippen LogP contribution in [0.1, 0.15) is 12.8 Å². The molecule has 5 fully saturated rings. The molecule has 5 heterocycles. The average Bonchev–Trinajstić information content (AvgIpc) is 3.53.